The van der Waals surface area contributed by atoms with E-state index in [4.69, 9.17) is 15.2 Å². The van der Waals surface area contributed by atoms with E-state index in [1.54, 1.807) is 32.4 Å². The van der Waals surface area contributed by atoms with Crippen molar-refractivity contribution in [3.05, 3.63) is 23.8 Å². The fraction of sp³-hybridized carbons (Fsp3) is 0.562. The number of carbonyl (C=O) groups excluding carboxylic acids is 1. The van der Waals surface area contributed by atoms with Crippen LogP contribution in [0.5, 0.6) is 11.5 Å². The number of ketones is 1. The molecule has 0 saturated heterocycles. The molecule has 0 aliphatic heterocycles. The van der Waals surface area contributed by atoms with Gasteiger partial charge in [-0.3, -0.25) is 4.79 Å². The summed E-state index contributed by atoms with van der Waals surface area (Å²) >= 11 is 0. The summed E-state index contributed by atoms with van der Waals surface area (Å²) in [4.78, 5) is 12.7. The topological polar surface area (TPSA) is 61.5 Å². The molecule has 110 valence electrons. The molecule has 20 heavy (non-hydrogen) atoms. The molecule has 2 atom stereocenters. The Hall–Kier alpha value is -1.55. The lowest BCUT2D eigenvalue weighted by atomic mass is 9.87. The third-order valence-corrected chi connectivity index (χ3v) is 4.08. The smallest absolute Gasteiger partial charge is 0.171 e. The van der Waals surface area contributed by atoms with Crippen LogP contribution in [-0.2, 0) is 0 Å². The van der Waals surface area contributed by atoms with Crippen molar-refractivity contribution in [3.8, 4) is 11.5 Å². The van der Waals surface area contributed by atoms with Crippen LogP contribution in [0.25, 0.3) is 0 Å². The number of Topliss-reactive ketones (excluding diaryl/α,β-unsaturated/α-hetero) is 1. The third-order valence-electron chi connectivity index (χ3n) is 4.08. The Kier molecular flexibility index (Phi) is 5.01. The molecule has 1 aliphatic rings. The second kappa shape index (κ2) is 6.75. The Morgan fingerprint density at radius 1 is 1.15 bits per heavy atom. The normalized spacial score (nSPS) is 22.9. The van der Waals surface area contributed by atoms with Crippen LogP contribution in [0.4, 0.5) is 0 Å². The highest BCUT2D eigenvalue weighted by molar-refractivity contribution is 6.00. The Morgan fingerprint density at radius 2 is 1.90 bits per heavy atom. The standard InChI is InChI=1S/C16H23NO3/c1-19-11-8-9-13(15(10-11)20-2)16(18)12-6-4-3-5-7-14(12)17/h8-10,12,14H,3-7,17H2,1-2H3. The number of hydrogen-bond donors (Lipinski definition) is 1. The molecule has 1 fully saturated rings. The van der Waals surface area contributed by atoms with Gasteiger partial charge in [0.25, 0.3) is 0 Å². The lowest BCUT2D eigenvalue weighted by Gasteiger charge is -2.21. The van der Waals surface area contributed by atoms with Gasteiger partial charge >= 0.3 is 0 Å². The molecular formula is C16H23NO3. The average Bonchev–Trinajstić information content (AvgIpc) is 2.70. The molecule has 1 aliphatic carbocycles. The van der Waals surface area contributed by atoms with Crippen LogP contribution < -0.4 is 15.2 Å². The number of ether oxygens (including phenoxy) is 2. The van der Waals surface area contributed by atoms with E-state index in [0.29, 0.717) is 17.1 Å². The van der Waals surface area contributed by atoms with E-state index < -0.39 is 0 Å². The van der Waals surface area contributed by atoms with Gasteiger partial charge in [0.2, 0.25) is 0 Å². The second-order valence-electron chi connectivity index (χ2n) is 5.34. The van der Waals surface area contributed by atoms with Gasteiger partial charge in [-0.05, 0) is 25.0 Å². The Labute approximate surface area is 120 Å². The van der Waals surface area contributed by atoms with Crippen LogP contribution in [0.15, 0.2) is 18.2 Å². The van der Waals surface area contributed by atoms with Gasteiger partial charge < -0.3 is 15.2 Å². The Balaban J connectivity index is 2.27. The molecule has 4 nitrogen and oxygen atoms in total. The van der Waals surface area contributed by atoms with Crippen molar-refractivity contribution < 1.29 is 14.3 Å². The van der Waals surface area contributed by atoms with Gasteiger partial charge in [0, 0.05) is 18.0 Å². The van der Waals surface area contributed by atoms with E-state index in [9.17, 15) is 4.79 Å². The highest BCUT2D eigenvalue weighted by atomic mass is 16.5. The quantitative estimate of drug-likeness (QED) is 0.679. The van der Waals surface area contributed by atoms with Gasteiger partial charge in [0.05, 0.1) is 19.8 Å². The second-order valence-corrected chi connectivity index (χ2v) is 5.34. The number of carbonyl (C=O) groups is 1. The summed E-state index contributed by atoms with van der Waals surface area (Å²) in [7, 11) is 3.16. The minimum Gasteiger partial charge on any atom is -0.497 e. The van der Waals surface area contributed by atoms with Crippen LogP contribution >= 0.6 is 0 Å². The van der Waals surface area contributed by atoms with Crippen molar-refractivity contribution in [2.45, 2.75) is 38.1 Å². The number of nitrogens with two attached hydrogens (primary N) is 1. The first kappa shape index (κ1) is 14.9. The van der Waals surface area contributed by atoms with Crippen molar-refractivity contribution in [2.24, 2.45) is 11.7 Å². The summed E-state index contributed by atoms with van der Waals surface area (Å²) in [5.41, 5.74) is 6.79. The molecule has 0 bridgehead atoms. The van der Waals surface area contributed by atoms with Crippen molar-refractivity contribution in [1.82, 2.24) is 0 Å². The van der Waals surface area contributed by atoms with Crippen LogP contribution in [0.1, 0.15) is 42.5 Å². The molecule has 0 spiro atoms. The van der Waals surface area contributed by atoms with Gasteiger partial charge in [0.15, 0.2) is 5.78 Å². The molecule has 2 unspecified atom stereocenters. The SMILES string of the molecule is COc1ccc(C(=O)C2CCCCCC2N)c(OC)c1. The predicted octanol–water partition coefficient (Wildman–Crippen LogP) is 2.79. The zero-order chi connectivity index (χ0) is 14.5. The summed E-state index contributed by atoms with van der Waals surface area (Å²) in [6.45, 7) is 0. The number of methoxy groups -OCH3 is 2. The van der Waals surface area contributed by atoms with Gasteiger partial charge in [-0.15, -0.1) is 0 Å². The highest BCUT2D eigenvalue weighted by Gasteiger charge is 2.29. The first-order chi connectivity index (χ1) is 9.67. The maximum absolute atomic E-state index is 12.7. The van der Waals surface area contributed by atoms with Gasteiger partial charge in [-0.25, -0.2) is 0 Å². The number of benzene rings is 1. The summed E-state index contributed by atoms with van der Waals surface area (Å²) in [5.74, 6) is 1.24. The third kappa shape index (κ3) is 3.12. The summed E-state index contributed by atoms with van der Waals surface area (Å²) in [6.07, 6.45) is 5.15. The molecule has 2 rings (SSSR count). The van der Waals surface area contributed by atoms with E-state index in [0.717, 1.165) is 32.1 Å². The van der Waals surface area contributed by atoms with Gasteiger partial charge in [0.1, 0.15) is 11.5 Å². The lowest BCUT2D eigenvalue weighted by Crippen LogP contribution is -2.34. The monoisotopic (exact) mass is 277 g/mol. The minimum absolute atomic E-state index is 0.0446. The minimum atomic E-state index is -0.0974. The summed E-state index contributed by atoms with van der Waals surface area (Å²) < 4.78 is 10.5. The molecule has 0 radical (unpaired) electrons. The van der Waals surface area contributed by atoms with E-state index in [2.05, 4.69) is 0 Å². The molecule has 0 heterocycles. The fourth-order valence-corrected chi connectivity index (χ4v) is 2.86. The molecule has 2 N–H and O–H groups in total. The lowest BCUT2D eigenvalue weighted by molar-refractivity contribution is 0.0891. The van der Waals surface area contributed by atoms with E-state index >= 15 is 0 Å². The summed E-state index contributed by atoms with van der Waals surface area (Å²) in [5, 5.41) is 0. The van der Waals surface area contributed by atoms with Crippen molar-refractivity contribution >= 4 is 5.78 Å². The zero-order valence-electron chi connectivity index (χ0n) is 12.2. The number of rotatable bonds is 4. The molecule has 1 saturated carbocycles. The van der Waals surface area contributed by atoms with Crippen molar-refractivity contribution in [3.63, 3.8) is 0 Å². The number of hydrogen-bond acceptors (Lipinski definition) is 4. The van der Waals surface area contributed by atoms with E-state index in [1.807, 2.05) is 0 Å². The van der Waals surface area contributed by atoms with Gasteiger partial charge in [-0.2, -0.15) is 0 Å². The Morgan fingerprint density at radius 3 is 2.60 bits per heavy atom. The zero-order valence-corrected chi connectivity index (χ0v) is 12.2. The van der Waals surface area contributed by atoms with Crippen molar-refractivity contribution in [1.29, 1.82) is 0 Å². The average molecular weight is 277 g/mol. The molecular weight excluding hydrogens is 254 g/mol. The van der Waals surface area contributed by atoms with Gasteiger partial charge in [-0.1, -0.05) is 19.3 Å². The summed E-state index contributed by atoms with van der Waals surface area (Å²) in [6, 6.07) is 5.27. The van der Waals surface area contributed by atoms with Crippen LogP contribution in [0, 0.1) is 5.92 Å². The molecule has 0 aromatic heterocycles. The molecule has 1 aromatic carbocycles. The fourth-order valence-electron chi connectivity index (χ4n) is 2.86. The first-order valence-corrected chi connectivity index (χ1v) is 7.19. The predicted molar refractivity (Wildman–Crippen MR) is 78.4 cm³/mol. The van der Waals surface area contributed by atoms with E-state index in [-0.39, 0.29) is 17.7 Å². The maximum atomic E-state index is 12.7. The van der Waals surface area contributed by atoms with Crippen LogP contribution in [0.2, 0.25) is 0 Å². The molecule has 0 amide bonds. The largest absolute Gasteiger partial charge is 0.497 e. The highest BCUT2D eigenvalue weighted by Crippen LogP contribution is 2.31. The first-order valence-electron chi connectivity index (χ1n) is 7.19. The van der Waals surface area contributed by atoms with E-state index in [1.165, 1.54) is 0 Å². The van der Waals surface area contributed by atoms with Crippen LogP contribution in [-0.4, -0.2) is 26.0 Å². The maximum Gasteiger partial charge on any atom is 0.171 e. The molecule has 1 aromatic rings. The molecule has 4 heteroatoms. The van der Waals surface area contributed by atoms with Crippen molar-refractivity contribution in [2.75, 3.05) is 14.2 Å². The Bertz CT molecular complexity index is 473. The van der Waals surface area contributed by atoms with Crippen LogP contribution in [0.3, 0.4) is 0 Å².